The molecule has 3 unspecified atom stereocenters. The van der Waals surface area contributed by atoms with Gasteiger partial charge in [0.1, 0.15) is 0 Å². The molecule has 3 atom stereocenters. The van der Waals surface area contributed by atoms with Crippen LogP contribution in [0.25, 0.3) is 0 Å². The van der Waals surface area contributed by atoms with E-state index in [2.05, 4.69) is 10.2 Å². The molecule has 1 aliphatic carbocycles. The monoisotopic (exact) mass is 212 g/mol. The average molecular weight is 212 g/mol. The summed E-state index contributed by atoms with van der Waals surface area (Å²) in [5, 5.41) is 12.4. The number of likely N-dealkylation sites (tertiary alicyclic amines) is 1. The third-order valence-corrected chi connectivity index (χ3v) is 4.21. The summed E-state index contributed by atoms with van der Waals surface area (Å²) in [4.78, 5) is 2.60. The van der Waals surface area contributed by atoms with Crippen LogP contribution in [-0.2, 0) is 0 Å². The molecule has 1 saturated carbocycles. The fourth-order valence-electron chi connectivity index (χ4n) is 3.25. The third kappa shape index (κ3) is 2.52. The number of rotatable bonds is 4. The van der Waals surface area contributed by atoms with Crippen LogP contribution in [0.2, 0.25) is 0 Å². The van der Waals surface area contributed by atoms with Gasteiger partial charge in [0, 0.05) is 18.6 Å². The molecule has 0 bridgehead atoms. The molecule has 1 aliphatic heterocycles. The number of fused-ring (bicyclic) bond motifs is 1. The smallest absolute Gasteiger partial charge is 0.0597 e. The van der Waals surface area contributed by atoms with Crippen molar-refractivity contribution >= 4 is 0 Å². The zero-order valence-electron chi connectivity index (χ0n) is 9.78. The Hall–Kier alpha value is -0.120. The minimum absolute atomic E-state index is 0.254. The van der Waals surface area contributed by atoms with Crippen molar-refractivity contribution in [3.63, 3.8) is 0 Å². The maximum atomic E-state index is 9.19. The number of hydrogen-bond donors (Lipinski definition) is 2. The highest BCUT2D eigenvalue weighted by Gasteiger charge is 2.35. The molecule has 3 nitrogen and oxygen atoms in total. The number of likely N-dealkylation sites (N-methyl/N-ethyl adjacent to an activating group) is 1. The van der Waals surface area contributed by atoms with Gasteiger partial charge >= 0.3 is 0 Å². The van der Waals surface area contributed by atoms with Crippen LogP contribution < -0.4 is 5.32 Å². The minimum Gasteiger partial charge on any atom is -0.395 e. The SMILES string of the molecule is CNC(CO)CN1CCC2CCCCC21. The van der Waals surface area contributed by atoms with Crippen LogP contribution in [-0.4, -0.2) is 48.8 Å². The quantitative estimate of drug-likeness (QED) is 0.724. The van der Waals surface area contributed by atoms with Gasteiger partial charge in [0.25, 0.3) is 0 Å². The molecule has 2 fully saturated rings. The molecule has 2 N–H and O–H groups in total. The van der Waals surface area contributed by atoms with Crippen molar-refractivity contribution < 1.29 is 5.11 Å². The molecule has 0 aromatic rings. The van der Waals surface area contributed by atoms with Crippen molar-refractivity contribution in [3.8, 4) is 0 Å². The van der Waals surface area contributed by atoms with E-state index in [1.807, 2.05) is 7.05 Å². The molecule has 3 heteroatoms. The summed E-state index contributed by atoms with van der Waals surface area (Å²) in [5.41, 5.74) is 0. The Labute approximate surface area is 92.8 Å². The van der Waals surface area contributed by atoms with Crippen molar-refractivity contribution in [3.05, 3.63) is 0 Å². The normalized spacial score (nSPS) is 34.0. The highest BCUT2D eigenvalue weighted by Crippen LogP contribution is 2.35. The topological polar surface area (TPSA) is 35.5 Å². The number of aliphatic hydroxyl groups excluding tert-OH is 1. The molecule has 0 radical (unpaired) electrons. The molecule has 2 rings (SSSR count). The van der Waals surface area contributed by atoms with Gasteiger partial charge in [-0.3, -0.25) is 4.90 Å². The lowest BCUT2D eigenvalue weighted by Gasteiger charge is -2.33. The van der Waals surface area contributed by atoms with Crippen molar-refractivity contribution in [2.75, 3.05) is 26.7 Å². The Morgan fingerprint density at radius 3 is 2.87 bits per heavy atom. The van der Waals surface area contributed by atoms with Crippen LogP contribution in [0, 0.1) is 5.92 Å². The van der Waals surface area contributed by atoms with E-state index in [0.717, 1.165) is 18.5 Å². The second-order valence-electron chi connectivity index (χ2n) is 5.06. The first-order valence-corrected chi connectivity index (χ1v) is 6.37. The summed E-state index contributed by atoms with van der Waals surface area (Å²) in [6.45, 7) is 2.52. The third-order valence-electron chi connectivity index (χ3n) is 4.21. The van der Waals surface area contributed by atoms with Crippen LogP contribution in [0.1, 0.15) is 32.1 Å². The number of nitrogens with zero attached hydrogens (tertiary/aromatic N) is 1. The Kier molecular flexibility index (Phi) is 4.00. The molecule has 0 aromatic heterocycles. The molecule has 1 heterocycles. The summed E-state index contributed by atoms with van der Waals surface area (Å²) < 4.78 is 0. The first-order valence-electron chi connectivity index (χ1n) is 6.37. The van der Waals surface area contributed by atoms with E-state index < -0.39 is 0 Å². The molecular formula is C12H24N2O. The van der Waals surface area contributed by atoms with Gasteiger partial charge in [-0.15, -0.1) is 0 Å². The minimum atomic E-state index is 0.254. The summed E-state index contributed by atoms with van der Waals surface area (Å²) in [5.74, 6) is 0.954. The second kappa shape index (κ2) is 5.28. The van der Waals surface area contributed by atoms with Crippen molar-refractivity contribution in [2.24, 2.45) is 5.92 Å². The van der Waals surface area contributed by atoms with E-state index in [4.69, 9.17) is 0 Å². The highest BCUT2D eigenvalue weighted by atomic mass is 16.3. The zero-order valence-corrected chi connectivity index (χ0v) is 9.78. The van der Waals surface area contributed by atoms with Crippen molar-refractivity contribution in [1.29, 1.82) is 0 Å². The second-order valence-corrected chi connectivity index (χ2v) is 5.06. The van der Waals surface area contributed by atoms with E-state index in [1.54, 1.807) is 0 Å². The summed E-state index contributed by atoms with van der Waals surface area (Å²) in [7, 11) is 1.94. The van der Waals surface area contributed by atoms with Crippen LogP contribution in [0.3, 0.4) is 0 Å². The Bertz CT molecular complexity index is 194. The number of hydrogen-bond acceptors (Lipinski definition) is 3. The van der Waals surface area contributed by atoms with E-state index >= 15 is 0 Å². The standard InChI is InChI=1S/C12H24N2O/c1-13-11(9-15)8-14-7-6-10-4-2-3-5-12(10)14/h10-13,15H,2-9H2,1H3. The predicted octanol–water partition coefficient (Wildman–Crippen LogP) is 0.831. The first kappa shape index (κ1) is 11.4. The largest absolute Gasteiger partial charge is 0.395 e. The fraction of sp³-hybridized carbons (Fsp3) is 1.00. The van der Waals surface area contributed by atoms with Gasteiger partial charge < -0.3 is 10.4 Å². The van der Waals surface area contributed by atoms with Crippen LogP contribution in [0.15, 0.2) is 0 Å². The van der Waals surface area contributed by atoms with Gasteiger partial charge in [0.2, 0.25) is 0 Å². The molecule has 1 saturated heterocycles. The van der Waals surface area contributed by atoms with Gasteiger partial charge in [0.05, 0.1) is 6.61 Å². The van der Waals surface area contributed by atoms with Crippen molar-refractivity contribution in [1.82, 2.24) is 10.2 Å². The average Bonchev–Trinajstić information content (AvgIpc) is 2.69. The van der Waals surface area contributed by atoms with Crippen LogP contribution in [0.5, 0.6) is 0 Å². The predicted molar refractivity (Wildman–Crippen MR) is 61.9 cm³/mol. The molecular weight excluding hydrogens is 188 g/mol. The highest BCUT2D eigenvalue weighted by molar-refractivity contribution is 4.91. The lowest BCUT2D eigenvalue weighted by atomic mass is 9.85. The Morgan fingerprint density at radius 1 is 1.33 bits per heavy atom. The summed E-state index contributed by atoms with van der Waals surface area (Å²) >= 11 is 0. The van der Waals surface area contributed by atoms with Crippen LogP contribution >= 0.6 is 0 Å². The summed E-state index contributed by atoms with van der Waals surface area (Å²) in [6.07, 6.45) is 7.04. The lowest BCUT2D eigenvalue weighted by molar-refractivity contribution is 0.144. The van der Waals surface area contributed by atoms with Crippen molar-refractivity contribution in [2.45, 2.75) is 44.2 Å². The zero-order chi connectivity index (χ0) is 10.7. The summed E-state index contributed by atoms with van der Waals surface area (Å²) in [6, 6.07) is 1.08. The van der Waals surface area contributed by atoms with E-state index in [1.165, 1.54) is 38.6 Å². The van der Waals surface area contributed by atoms with E-state index in [-0.39, 0.29) is 12.6 Å². The maximum Gasteiger partial charge on any atom is 0.0597 e. The molecule has 0 amide bonds. The Balaban J connectivity index is 1.87. The molecule has 88 valence electrons. The van der Waals surface area contributed by atoms with E-state index in [9.17, 15) is 5.11 Å². The molecule has 2 aliphatic rings. The van der Waals surface area contributed by atoms with E-state index in [0.29, 0.717) is 0 Å². The maximum absolute atomic E-state index is 9.19. The van der Waals surface area contributed by atoms with Crippen LogP contribution in [0.4, 0.5) is 0 Å². The number of nitrogens with one attached hydrogen (secondary N) is 1. The molecule has 15 heavy (non-hydrogen) atoms. The van der Waals surface area contributed by atoms with Gasteiger partial charge in [-0.2, -0.15) is 0 Å². The van der Waals surface area contributed by atoms with Gasteiger partial charge in [-0.1, -0.05) is 12.8 Å². The lowest BCUT2D eigenvalue weighted by Crippen LogP contribution is -2.45. The fourth-order valence-corrected chi connectivity index (χ4v) is 3.25. The molecule has 0 aromatic carbocycles. The van der Waals surface area contributed by atoms with Gasteiger partial charge in [-0.25, -0.2) is 0 Å². The van der Waals surface area contributed by atoms with Gasteiger partial charge in [0.15, 0.2) is 0 Å². The first-order chi connectivity index (χ1) is 7.35. The van der Waals surface area contributed by atoms with Gasteiger partial charge in [-0.05, 0) is 38.8 Å². The number of aliphatic hydroxyl groups is 1. The molecule has 0 spiro atoms. The Morgan fingerprint density at radius 2 is 2.13 bits per heavy atom.